The van der Waals surface area contributed by atoms with Gasteiger partial charge in [0.2, 0.25) is 23.6 Å². The summed E-state index contributed by atoms with van der Waals surface area (Å²) in [4.78, 5) is 63.2. The zero-order chi connectivity index (χ0) is 33.7. The number of halogens is 3. The topological polar surface area (TPSA) is 180 Å². The van der Waals surface area contributed by atoms with Crippen LogP contribution in [0.1, 0.15) is 37.8 Å². The van der Waals surface area contributed by atoms with Crippen molar-refractivity contribution < 1.29 is 42.3 Å². The summed E-state index contributed by atoms with van der Waals surface area (Å²) >= 11 is 3.67. The van der Waals surface area contributed by atoms with Gasteiger partial charge in [0, 0.05) is 19.3 Å². The summed E-state index contributed by atoms with van der Waals surface area (Å²) in [6.45, 7) is 3.34. The summed E-state index contributed by atoms with van der Waals surface area (Å²) in [7, 11) is 0. The van der Waals surface area contributed by atoms with Crippen LogP contribution < -0.4 is 27.0 Å². The maximum atomic E-state index is 13.7. The highest BCUT2D eigenvalue weighted by atomic mass is 32.1. The van der Waals surface area contributed by atoms with E-state index < -0.39 is 84.1 Å². The Bertz CT molecular complexity index is 1300. The molecule has 0 saturated carbocycles. The third-order valence-corrected chi connectivity index (χ3v) is 6.93. The standard InChI is InChI=1S/C30H38F3N5O6S/c1-17(2)24(38-29(44)45)28(43)37-22(16-19-11-7-4-8-12-19)27(42)36-21(15-18-9-5-3-6-10-18)26(41)35-20(13-14-23(34)39)25(40)30(31,32)33/h3-12,17,20-22,24-25,40H,13-16H2,1-2H3,(H2,34,39)(H,35,41)(H,36,42)(H,37,43)(H2,38,44,45)/t20?,21-,22-,24-,25?/m0/s1. The molecule has 45 heavy (non-hydrogen) atoms. The van der Waals surface area contributed by atoms with Gasteiger partial charge in [-0.2, -0.15) is 13.2 Å². The van der Waals surface area contributed by atoms with Crippen molar-refractivity contribution in [3.05, 3.63) is 71.8 Å². The molecule has 2 unspecified atom stereocenters. The highest BCUT2D eigenvalue weighted by Crippen LogP contribution is 2.24. The van der Waals surface area contributed by atoms with E-state index in [9.17, 15) is 42.3 Å². The van der Waals surface area contributed by atoms with Crippen molar-refractivity contribution in [1.29, 1.82) is 0 Å². The second-order valence-corrected chi connectivity index (χ2v) is 11.2. The first-order chi connectivity index (χ1) is 21.1. The monoisotopic (exact) mass is 653 g/mol. The van der Waals surface area contributed by atoms with Gasteiger partial charge in [-0.05, 0) is 23.5 Å². The van der Waals surface area contributed by atoms with Crippen LogP contribution in [0.15, 0.2) is 60.7 Å². The smallest absolute Gasteiger partial charge is 0.382 e. The van der Waals surface area contributed by atoms with Gasteiger partial charge in [0.05, 0.1) is 6.04 Å². The van der Waals surface area contributed by atoms with Gasteiger partial charge in [-0.3, -0.25) is 24.0 Å². The molecule has 0 aliphatic heterocycles. The maximum absolute atomic E-state index is 13.7. The molecule has 0 fully saturated rings. The minimum atomic E-state index is -5.13. The SMILES string of the molecule is CC(C)[C@H](NC(=O)S)C(=O)N[C@@H](Cc1ccccc1)C(=O)N[C@@H](Cc1ccccc1)C(=O)NC(CCC(N)=O)C(O)C(F)(F)F. The van der Waals surface area contributed by atoms with Gasteiger partial charge >= 0.3 is 6.18 Å². The Morgan fingerprint density at radius 2 is 1.22 bits per heavy atom. The second-order valence-electron chi connectivity index (χ2n) is 10.8. The fourth-order valence-corrected chi connectivity index (χ4v) is 4.58. The number of nitrogens with one attached hydrogen (secondary N) is 4. The number of nitrogens with two attached hydrogens (primary N) is 1. The first-order valence-electron chi connectivity index (χ1n) is 14.1. The number of carbonyl (C=O) groups excluding carboxylic acids is 5. The highest BCUT2D eigenvalue weighted by molar-refractivity contribution is 7.96. The van der Waals surface area contributed by atoms with Gasteiger partial charge in [0.1, 0.15) is 18.1 Å². The number of thiol groups is 1. The van der Waals surface area contributed by atoms with E-state index in [2.05, 4.69) is 33.9 Å². The number of benzene rings is 2. The fraction of sp³-hybridized carbons (Fsp3) is 0.433. The Morgan fingerprint density at radius 3 is 1.62 bits per heavy atom. The fourth-order valence-electron chi connectivity index (χ4n) is 4.44. The van der Waals surface area contributed by atoms with Crippen molar-refractivity contribution >= 4 is 41.5 Å². The molecule has 0 aliphatic rings. The Labute approximate surface area is 264 Å². The third-order valence-electron chi connectivity index (χ3n) is 6.81. The number of primary amides is 1. The Hall–Kier alpha value is -4.11. The van der Waals surface area contributed by atoms with Crippen LogP contribution >= 0.6 is 12.6 Å². The van der Waals surface area contributed by atoms with Crippen LogP contribution in [0.4, 0.5) is 18.0 Å². The molecule has 11 nitrogen and oxygen atoms in total. The van der Waals surface area contributed by atoms with Crippen LogP contribution in [-0.4, -0.2) is 70.4 Å². The van der Waals surface area contributed by atoms with Crippen molar-refractivity contribution in [2.24, 2.45) is 11.7 Å². The van der Waals surface area contributed by atoms with E-state index in [0.29, 0.717) is 11.1 Å². The lowest BCUT2D eigenvalue weighted by Gasteiger charge is -2.29. The van der Waals surface area contributed by atoms with E-state index in [1.807, 2.05) is 0 Å². The lowest BCUT2D eigenvalue weighted by Crippen LogP contribution is -2.60. The van der Waals surface area contributed by atoms with Gasteiger partial charge in [-0.15, -0.1) is 0 Å². The van der Waals surface area contributed by atoms with E-state index >= 15 is 0 Å². The third kappa shape index (κ3) is 12.8. The molecule has 7 N–H and O–H groups in total. The maximum Gasteiger partial charge on any atom is 0.416 e. The largest absolute Gasteiger partial charge is 0.416 e. The first-order valence-corrected chi connectivity index (χ1v) is 14.5. The zero-order valence-electron chi connectivity index (χ0n) is 24.7. The van der Waals surface area contributed by atoms with Crippen LogP contribution in [0.2, 0.25) is 0 Å². The number of carbonyl (C=O) groups is 5. The van der Waals surface area contributed by atoms with Crippen molar-refractivity contribution in [3.8, 4) is 0 Å². The summed E-state index contributed by atoms with van der Waals surface area (Å²) < 4.78 is 40.2. The number of amides is 5. The summed E-state index contributed by atoms with van der Waals surface area (Å²) in [5.74, 6) is -3.95. The highest BCUT2D eigenvalue weighted by Gasteiger charge is 2.44. The minimum Gasteiger partial charge on any atom is -0.382 e. The van der Waals surface area contributed by atoms with Crippen LogP contribution in [0, 0.1) is 5.92 Å². The molecule has 0 aliphatic carbocycles. The molecule has 5 amide bonds. The zero-order valence-corrected chi connectivity index (χ0v) is 25.6. The number of aliphatic hydroxyl groups excluding tert-OH is 1. The number of hydrogen-bond donors (Lipinski definition) is 7. The van der Waals surface area contributed by atoms with Crippen LogP contribution in [0.5, 0.6) is 0 Å². The van der Waals surface area contributed by atoms with E-state index in [4.69, 9.17) is 5.73 Å². The van der Waals surface area contributed by atoms with Gasteiger partial charge in [-0.25, -0.2) is 0 Å². The van der Waals surface area contributed by atoms with Crippen molar-refractivity contribution in [1.82, 2.24) is 21.3 Å². The van der Waals surface area contributed by atoms with E-state index in [1.165, 1.54) is 0 Å². The Morgan fingerprint density at radius 1 is 0.778 bits per heavy atom. The summed E-state index contributed by atoms with van der Waals surface area (Å²) in [5, 5.41) is 18.8. The molecule has 15 heteroatoms. The number of hydrogen-bond acceptors (Lipinski definition) is 6. The normalized spacial score (nSPS) is 14.8. The summed E-state index contributed by atoms with van der Waals surface area (Å²) in [6.07, 6.45) is -9.53. The molecule has 246 valence electrons. The van der Waals surface area contributed by atoms with E-state index in [1.54, 1.807) is 74.5 Å². The average Bonchev–Trinajstić information content (AvgIpc) is 2.97. The van der Waals surface area contributed by atoms with Crippen LogP contribution in [-0.2, 0) is 32.0 Å². The second kappa shape index (κ2) is 17.4. The average molecular weight is 654 g/mol. The van der Waals surface area contributed by atoms with Gasteiger partial charge in [0.15, 0.2) is 6.10 Å². The Balaban J connectivity index is 2.41. The van der Waals surface area contributed by atoms with Gasteiger partial charge < -0.3 is 32.1 Å². The van der Waals surface area contributed by atoms with Crippen molar-refractivity contribution in [3.63, 3.8) is 0 Å². The van der Waals surface area contributed by atoms with Crippen LogP contribution in [0.25, 0.3) is 0 Å². The summed E-state index contributed by atoms with van der Waals surface area (Å²) in [6, 6.07) is 11.1. The molecule has 0 heterocycles. The first kappa shape index (κ1) is 37.1. The number of rotatable bonds is 16. The number of alkyl halides is 3. The predicted octanol–water partition coefficient (Wildman–Crippen LogP) is 1.78. The molecule has 0 bridgehead atoms. The molecule has 5 atom stereocenters. The molecular weight excluding hydrogens is 615 g/mol. The van der Waals surface area contributed by atoms with Crippen molar-refractivity contribution in [2.75, 3.05) is 0 Å². The predicted molar refractivity (Wildman–Crippen MR) is 163 cm³/mol. The van der Waals surface area contributed by atoms with Crippen molar-refractivity contribution in [2.45, 2.75) is 76.0 Å². The van der Waals surface area contributed by atoms with Gasteiger partial charge in [0.25, 0.3) is 5.24 Å². The van der Waals surface area contributed by atoms with E-state index in [0.717, 1.165) is 0 Å². The molecular formula is C30H38F3N5O6S. The molecule has 0 saturated heterocycles. The molecule has 0 spiro atoms. The lowest BCUT2D eigenvalue weighted by molar-refractivity contribution is -0.212. The van der Waals surface area contributed by atoms with Gasteiger partial charge in [-0.1, -0.05) is 87.1 Å². The number of aliphatic hydroxyl groups is 1. The molecule has 2 aromatic carbocycles. The molecule has 0 radical (unpaired) electrons. The Kier molecular flexibility index (Phi) is 14.3. The molecule has 2 rings (SSSR count). The van der Waals surface area contributed by atoms with Crippen LogP contribution in [0.3, 0.4) is 0 Å². The molecule has 0 aromatic heterocycles. The minimum absolute atomic E-state index is 0.0360. The summed E-state index contributed by atoms with van der Waals surface area (Å²) in [5.41, 5.74) is 6.26. The quantitative estimate of drug-likeness (QED) is 0.136. The van der Waals surface area contributed by atoms with E-state index in [-0.39, 0.29) is 12.8 Å². The molecule has 2 aromatic rings. The lowest BCUT2D eigenvalue weighted by atomic mass is 9.99.